The van der Waals surface area contributed by atoms with Crippen LogP contribution in [0.5, 0.6) is 0 Å². The van der Waals surface area contributed by atoms with Gasteiger partial charge in [-0.1, -0.05) is 18.2 Å². The van der Waals surface area contributed by atoms with E-state index in [0.29, 0.717) is 0 Å². The fourth-order valence-electron chi connectivity index (χ4n) is 2.76. The predicted molar refractivity (Wildman–Crippen MR) is 75.5 cm³/mol. The Morgan fingerprint density at radius 2 is 1.79 bits per heavy atom. The van der Waals surface area contributed by atoms with Crippen molar-refractivity contribution < 1.29 is 0 Å². The summed E-state index contributed by atoms with van der Waals surface area (Å²) in [6.45, 7) is 3.15. The Morgan fingerprint density at radius 3 is 2.47 bits per heavy atom. The lowest BCUT2D eigenvalue weighted by atomic mass is 10.3. The van der Waals surface area contributed by atoms with Crippen molar-refractivity contribution in [2.24, 2.45) is 7.05 Å². The third kappa shape index (κ3) is 2.36. The van der Waals surface area contributed by atoms with Crippen LogP contribution >= 0.6 is 0 Å². The standard InChI is InChI=1S/C15H19N3O/c1-16-14(12-17-9-5-6-10-17)11-15(19)18(16)13-7-3-2-4-8-13/h2-4,7-8,11H,5-6,9-10,12H2,1H3. The number of hydrogen-bond donors (Lipinski definition) is 0. The van der Waals surface area contributed by atoms with E-state index in [-0.39, 0.29) is 5.56 Å². The molecule has 0 saturated carbocycles. The summed E-state index contributed by atoms with van der Waals surface area (Å²) in [4.78, 5) is 14.6. The van der Waals surface area contributed by atoms with Crippen LogP contribution in [-0.4, -0.2) is 27.4 Å². The molecular formula is C15H19N3O. The van der Waals surface area contributed by atoms with E-state index in [1.807, 2.05) is 42.1 Å². The largest absolute Gasteiger partial charge is 0.298 e. The molecule has 0 atom stereocenters. The minimum absolute atomic E-state index is 0.0443. The van der Waals surface area contributed by atoms with Gasteiger partial charge in [0, 0.05) is 19.7 Å². The van der Waals surface area contributed by atoms with Crippen molar-refractivity contribution in [3.63, 3.8) is 0 Å². The molecule has 1 saturated heterocycles. The molecule has 1 aromatic carbocycles. The molecule has 1 aromatic heterocycles. The summed E-state index contributed by atoms with van der Waals surface area (Å²) in [5, 5.41) is 0. The van der Waals surface area contributed by atoms with Crippen LogP contribution in [0.2, 0.25) is 0 Å². The summed E-state index contributed by atoms with van der Waals surface area (Å²) >= 11 is 0. The molecule has 0 bridgehead atoms. The molecule has 100 valence electrons. The molecule has 0 N–H and O–H groups in total. The van der Waals surface area contributed by atoms with Gasteiger partial charge >= 0.3 is 0 Å². The normalized spacial score (nSPS) is 16.1. The van der Waals surface area contributed by atoms with E-state index < -0.39 is 0 Å². The van der Waals surface area contributed by atoms with Crippen molar-refractivity contribution in [3.8, 4) is 5.69 Å². The van der Waals surface area contributed by atoms with Crippen molar-refractivity contribution in [1.29, 1.82) is 0 Å². The van der Waals surface area contributed by atoms with Gasteiger partial charge < -0.3 is 0 Å². The van der Waals surface area contributed by atoms with Crippen LogP contribution in [0.15, 0.2) is 41.2 Å². The second kappa shape index (κ2) is 5.05. The van der Waals surface area contributed by atoms with Crippen molar-refractivity contribution in [1.82, 2.24) is 14.3 Å². The number of nitrogens with zero attached hydrogens (tertiary/aromatic N) is 3. The molecule has 0 aliphatic carbocycles. The Balaban J connectivity index is 1.94. The first kappa shape index (κ1) is 12.2. The highest BCUT2D eigenvalue weighted by atomic mass is 16.1. The first-order valence-electron chi connectivity index (χ1n) is 6.81. The van der Waals surface area contributed by atoms with E-state index >= 15 is 0 Å². The quantitative estimate of drug-likeness (QED) is 0.839. The zero-order valence-corrected chi connectivity index (χ0v) is 11.2. The van der Waals surface area contributed by atoms with Crippen LogP contribution in [0.25, 0.3) is 5.69 Å². The number of aromatic nitrogens is 2. The fraction of sp³-hybridized carbons (Fsp3) is 0.400. The van der Waals surface area contributed by atoms with Gasteiger partial charge in [-0.25, -0.2) is 4.68 Å². The first-order chi connectivity index (χ1) is 9.25. The third-order valence-corrected chi connectivity index (χ3v) is 3.80. The molecule has 0 radical (unpaired) electrons. The van der Waals surface area contributed by atoms with Gasteiger partial charge in [0.05, 0.1) is 11.4 Å². The van der Waals surface area contributed by atoms with Crippen molar-refractivity contribution in [2.45, 2.75) is 19.4 Å². The maximum atomic E-state index is 12.2. The van der Waals surface area contributed by atoms with Crippen molar-refractivity contribution >= 4 is 0 Å². The van der Waals surface area contributed by atoms with Gasteiger partial charge in [-0.2, -0.15) is 0 Å². The maximum Gasteiger partial charge on any atom is 0.271 e. The highest BCUT2D eigenvalue weighted by Crippen LogP contribution is 2.13. The average molecular weight is 257 g/mol. The fourth-order valence-corrected chi connectivity index (χ4v) is 2.76. The molecule has 1 fully saturated rings. The molecule has 0 amide bonds. The van der Waals surface area contributed by atoms with Crippen LogP contribution in [0.4, 0.5) is 0 Å². The second-order valence-corrected chi connectivity index (χ2v) is 5.13. The van der Waals surface area contributed by atoms with Gasteiger partial charge in [-0.15, -0.1) is 0 Å². The Bertz CT molecular complexity index is 606. The second-order valence-electron chi connectivity index (χ2n) is 5.13. The van der Waals surface area contributed by atoms with E-state index in [9.17, 15) is 4.79 Å². The molecule has 3 rings (SSSR count). The molecule has 1 aliphatic heterocycles. The first-order valence-corrected chi connectivity index (χ1v) is 6.81. The summed E-state index contributed by atoms with van der Waals surface area (Å²) in [6.07, 6.45) is 2.54. The number of likely N-dealkylation sites (tertiary alicyclic amines) is 1. The monoisotopic (exact) mass is 257 g/mol. The highest BCUT2D eigenvalue weighted by Gasteiger charge is 2.16. The topological polar surface area (TPSA) is 30.2 Å². The number of benzene rings is 1. The van der Waals surface area contributed by atoms with E-state index in [1.165, 1.54) is 12.8 Å². The molecule has 1 aliphatic rings. The summed E-state index contributed by atoms with van der Waals surface area (Å²) in [5.41, 5.74) is 2.04. The van der Waals surface area contributed by atoms with Crippen LogP contribution in [0.1, 0.15) is 18.5 Å². The van der Waals surface area contributed by atoms with E-state index in [2.05, 4.69) is 4.90 Å². The lowest BCUT2D eigenvalue weighted by molar-refractivity contribution is 0.319. The van der Waals surface area contributed by atoms with E-state index in [1.54, 1.807) is 10.7 Å². The van der Waals surface area contributed by atoms with Crippen LogP contribution in [0, 0.1) is 0 Å². The Kier molecular flexibility index (Phi) is 3.25. The van der Waals surface area contributed by atoms with E-state index in [0.717, 1.165) is 31.0 Å². The molecule has 2 aromatic rings. The zero-order chi connectivity index (χ0) is 13.2. The van der Waals surface area contributed by atoms with Crippen molar-refractivity contribution in [3.05, 3.63) is 52.4 Å². The molecule has 2 heterocycles. The molecule has 19 heavy (non-hydrogen) atoms. The van der Waals surface area contributed by atoms with Crippen molar-refractivity contribution in [2.75, 3.05) is 13.1 Å². The summed E-state index contributed by atoms with van der Waals surface area (Å²) in [7, 11) is 1.96. The van der Waals surface area contributed by atoms with Gasteiger partial charge in [0.2, 0.25) is 0 Å². The zero-order valence-electron chi connectivity index (χ0n) is 11.2. The van der Waals surface area contributed by atoms with E-state index in [4.69, 9.17) is 0 Å². The molecular weight excluding hydrogens is 238 g/mol. The molecule has 4 heteroatoms. The average Bonchev–Trinajstić information content (AvgIpc) is 3.01. The summed E-state index contributed by atoms with van der Waals surface area (Å²) < 4.78 is 3.70. The van der Waals surface area contributed by atoms with Gasteiger partial charge in [0.1, 0.15) is 0 Å². The Labute approximate surface area is 112 Å². The van der Waals surface area contributed by atoms with Crippen LogP contribution < -0.4 is 5.56 Å². The summed E-state index contributed by atoms with van der Waals surface area (Å²) in [6, 6.07) is 11.5. The Hall–Kier alpha value is -1.81. The third-order valence-electron chi connectivity index (χ3n) is 3.80. The van der Waals surface area contributed by atoms with Gasteiger partial charge in [-0.3, -0.25) is 14.4 Å². The predicted octanol–water partition coefficient (Wildman–Crippen LogP) is 1.77. The van der Waals surface area contributed by atoms with Crippen LogP contribution in [-0.2, 0) is 13.6 Å². The number of hydrogen-bond acceptors (Lipinski definition) is 2. The minimum Gasteiger partial charge on any atom is -0.298 e. The number of rotatable bonds is 3. The maximum absolute atomic E-state index is 12.2. The molecule has 0 spiro atoms. The molecule has 4 nitrogen and oxygen atoms in total. The lowest BCUT2D eigenvalue weighted by Gasteiger charge is -2.16. The Morgan fingerprint density at radius 1 is 1.11 bits per heavy atom. The number of para-hydroxylation sites is 1. The van der Waals surface area contributed by atoms with Gasteiger partial charge in [-0.05, 0) is 38.1 Å². The smallest absolute Gasteiger partial charge is 0.271 e. The van der Waals surface area contributed by atoms with Crippen LogP contribution in [0.3, 0.4) is 0 Å². The minimum atomic E-state index is 0.0443. The highest BCUT2D eigenvalue weighted by molar-refractivity contribution is 5.31. The lowest BCUT2D eigenvalue weighted by Crippen LogP contribution is -2.22. The van der Waals surface area contributed by atoms with Gasteiger partial charge in [0.25, 0.3) is 5.56 Å². The summed E-state index contributed by atoms with van der Waals surface area (Å²) in [5.74, 6) is 0. The SMILES string of the molecule is Cn1c(CN2CCCC2)cc(=O)n1-c1ccccc1. The molecule has 0 unspecified atom stereocenters. The van der Waals surface area contributed by atoms with Gasteiger partial charge in [0.15, 0.2) is 0 Å².